The molecule has 0 aromatic carbocycles. The van der Waals surface area contributed by atoms with Crippen LogP contribution in [0.25, 0.3) is 0 Å². The van der Waals surface area contributed by atoms with Crippen LogP contribution in [0.4, 0.5) is 15.7 Å². The van der Waals surface area contributed by atoms with Crippen LogP contribution in [0.2, 0.25) is 0 Å². The van der Waals surface area contributed by atoms with Gasteiger partial charge in [0.25, 0.3) is 0 Å². The lowest BCUT2D eigenvalue weighted by Gasteiger charge is -2.09. The van der Waals surface area contributed by atoms with Gasteiger partial charge < -0.3 is 5.32 Å². The molecule has 88 valence electrons. The molecule has 16 heavy (non-hydrogen) atoms. The molecule has 0 amide bonds. The molecule has 1 N–H and O–H groups in total. The molecule has 1 heterocycles. The van der Waals surface area contributed by atoms with E-state index in [-0.39, 0.29) is 21.7 Å². The Morgan fingerprint density at radius 1 is 1.44 bits per heavy atom. The normalized spacial score (nSPS) is 12.1. The molecule has 0 saturated heterocycles. The maximum Gasteiger partial charge on any atom is 0.333 e. The van der Waals surface area contributed by atoms with E-state index in [1.165, 1.54) is 0 Å². The molecule has 0 bridgehead atoms. The Bertz CT molecular complexity index is 417. The van der Waals surface area contributed by atoms with Crippen LogP contribution in [0.3, 0.4) is 0 Å². The van der Waals surface area contributed by atoms with Crippen LogP contribution in [-0.2, 0) is 0 Å². The highest BCUT2D eigenvalue weighted by molar-refractivity contribution is 7.19. The summed E-state index contributed by atoms with van der Waals surface area (Å²) in [6, 6.07) is 1.02. The Labute approximate surface area is 95.4 Å². The van der Waals surface area contributed by atoms with Crippen molar-refractivity contribution in [3.05, 3.63) is 26.3 Å². The van der Waals surface area contributed by atoms with Crippen molar-refractivity contribution in [2.75, 3.05) is 5.32 Å². The van der Waals surface area contributed by atoms with Gasteiger partial charge in [0.15, 0.2) is 5.00 Å². The SMILES string of the molecule is CCC(C)Nc1sc([N+](=O)[O-])cc1[N+](=O)[O-]. The van der Waals surface area contributed by atoms with Crippen molar-refractivity contribution in [1.82, 2.24) is 0 Å². The fourth-order valence-corrected chi connectivity index (χ4v) is 1.98. The van der Waals surface area contributed by atoms with Crippen molar-refractivity contribution in [1.29, 1.82) is 0 Å². The first kappa shape index (κ1) is 12.4. The van der Waals surface area contributed by atoms with Crippen molar-refractivity contribution < 1.29 is 9.85 Å². The highest BCUT2D eigenvalue weighted by Crippen LogP contribution is 2.39. The Hall–Kier alpha value is -1.70. The maximum absolute atomic E-state index is 10.7. The van der Waals surface area contributed by atoms with Gasteiger partial charge in [-0.2, -0.15) is 0 Å². The average Bonchev–Trinajstić information content (AvgIpc) is 2.61. The van der Waals surface area contributed by atoms with Crippen molar-refractivity contribution in [3.8, 4) is 0 Å². The third-order valence-corrected chi connectivity index (χ3v) is 3.07. The predicted octanol–water partition coefficient (Wildman–Crippen LogP) is 2.77. The second-order valence-electron chi connectivity index (χ2n) is 3.27. The van der Waals surface area contributed by atoms with Gasteiger partial charge in [0.1, 0.15) is 6.07 Å². The molecule has 1 unspecified atom stereocenters. The van der Waals surface area contributed by atoms with Gasteiger partial charge in [0, 0.05) is 6.04 Å². The first-order chi connectivity index (χ1) is 7.45. The van der Waals surface area contributed by atoms with Gasteiger partial charge in [0.05, 0.1) is 9.85 Å². The highest BCUT2D eigenvalue weighted by Gasteiger charge is 2.25. The van der Waals surface area contributed by atoms with Crippen LogP contribution in [0.15, 0.2) is 6.07 Å². The molecule has 0 radical (unpaired) electrons. The number of rotatable bonds is 5. The van der Waals surface area contributed by atoms with E-state index in [1.807, 2.05) is 13.8 Å². The van der Waals surface area contributed by atoms with E-state index in [4.69, 9.17) is 0 Å². The van der Waals surface area contributed by atoms with Crippen LogP contribution < -0.4 is 5.32 Å². The van der Waals surface area contributed by atoms with Crippen LogP contribution >= 0.6 is 11.3 Å². The summed E-state index contributed by atoms with van der Waals surface area (Å²) in [7, 11) is 0. The second kappa shape index (κ2) is 4.88. The summed E-state index contributed by atoms with van der Waals surface area (Å²) in [5.74, 6) is 0. The summed E-state index contributed by atoms with van der Waals surface area (Å²) in [6.45, 7) is 3.78. The Morgan fingerprint density at radius 2 is 2.06 bits per heavy atom. The third-order valence-electron chi connectivity index (χ3n) is 2.07. The fourth-order valence-electron chi connectivity index (χ4n) is 1.02. The first-order valence-electron chi connectivity index (χ1n) is 4.64. The van der Waals surface area contributed by atoms with Crippen LogP contribution in [0.1, 0.15) is 20.3 Å². The maximum atomic E-state index is 10.7. The Balaban J connectivity index is 3.05. The summed E-state index contributed by atoms with van der Waals surface area (Å²) in [5.41, 5.74) is -0.239. The molecule has 0 fully saturated rings. The molecule has 0 spiro atoms. The van der Waals surface area contributed by atoms with Crippen LogP contribution in [0, 0.1) is 20.2 Å². The lowest BCUT2D eigenvalue weighted by atomic mass is 10.3. The zero-order valence-corrected chi connectivity index (χ0v) is 9.61. The smallest absolute Gasteiger partial charge is 0.333 e. The number of hydrogen-bond donors (Lipinski definition) is 1. The molecule has 0 aliphatic heterocycles. The molecular formula is C8H11N3O4S. The standard InChI is InChI=1S/C8H11N3O4S/c1-3-5(2)9-8-6(10(12)13)4-7(16-8)11(14)15/h4-5,9H,3H2,1-2H3. The van der Waals surface area contributed by atoms with Gasteiger partial charge in [-0.15, -0.1) is 0 Å². The number of nitrogens with one attached hydrogen (secondary N) is 1. The zero-order valence-electron chi connectivity index (χ0n) is 8.80. The van der Waals surface area contributed by atoms with E-state index in [2.05, 4.69) is 5.32 Å². The Kier molecular flexibility index (Phi) is 3.78. The van der Waals surface area contributed by atoms with Gasteiger partial charge in [0.2, 0.25) is 0 Å². The van der Waals surface area contributed by atoms with Gasteiger partial charge >= 0.3 is 10.7 Å². The highest BCUT2D eigenvalue weighted by atomic mass is 32.1. The van der Waals surface area contributed by atoms with E-state index >= 15 is 0 Å². The molecule has 1 atom stereocenters. The number of nitro groups is 2. The number of thiophene rings is 1. The number of hydrogen-bond acceptors (Lipinski definition) is 6. The van der Waals surface area contributed by atoms with E-state index in [1.54, 1.807) is 0 Å². The summed E-state index contributed by atoms with van der Waals surface area (Å²) in [6.07, 6.45) is 0.781. The number of nitrogens with zero attached hydrogens (tertiary/aromatic N) is 2. The van der Waals surface area contributed by atoms with Crippen molar-refractivity contribution in [3.63, 3.8) is 0 Å². The molecule has 1 aromatic rings. The molecule has 0 aliphatic carbocycles. The first-order valence-corrected chi connectivity index (χ1v) is 5.46. The monoisotopic (exact) mass is 245 g/mol. The van der Waals surface area contributed by atoms with Gasteiger partial charge in [-0.1, -0.05) is 6.92 Å². The largest absolute Gasteiger partial charge is 0.369 e. The summed E-state index contributed by atoms with van der Waals surface area (Å²) in [4.78, 5) is 19.9. The topological polar surface area (TPSA) is 98.3 Å². The molecule has 1 rings (SSSR count). The second-order valence-corrected chi connectivity index (χ2v) is 4.30. The third kappa shape index (κ3) is 2.66. The molecule has 0 saturated carbocycles. The lowest BCUT2D eigenvalue weighted by Crippen LogP contribution is -2.13. The molecule has 0 aliphatic rings. The average molecular weight is 245 g/mol. The van der Waals surface area contributed by atoms with Crippen molar-refractivity contribution >= 4 is 27.0 Å². The van der Waals surface area contributed by atoms with Gasteiger partial charge in [-0.3, -0.25) is 20.2 Å². The van der Waals surface area contributed by atoms with E-state index < -0.39 is 9.85 Å². The van der Waals surface area contributed by atoms with Crippen LogP contribution in [-0.4, -0.2) is 15.9 Å². The zero-order chi connectivity index (χ0) is 12.3. The van der Waals surface area contributed by atoms with Gasteiger partial charge in [-0.25, -0.2) is 0 Å². The quantitative estimate of drug-likeness (QED) is 0.635. The molecule has 7 nitrogen and oxygen atoms in total. The van der Waals surface area contributed by atoms with Crippen LogP contribution in [0.5, 0.6) is 0 Å². The summed E-state index contributed by atoms with van der Waals surface area (Å²) in [5, 5.41) is 24.1. The Morgan fingerprint density at radius 3 is 2.50 bits per heavy atom. The minimum Gasteiger partial charge on any atom is -0.369 e. The molecule has 8 heteroatoms. The van der Waals surface area contributed by atoms with E-state index in [9.17, 15) is 20.2 Å². The summed E-state index contributed by atoms with van der Waals surface area (Å²) < 4.78 is 0. The predicted molar refractivity (Wildman–Crippen MR) is 61.0 cm³/mol. The van der Waals surface area contributed by atoms with E-state index in [0.717, 1.165) is 23.8 Å². The minimum atomic E-state index is -0.626. The van der Waals surface area contributed by atoms with Crippen molar-refractivity contribution in [2.45, 2.75) is 26.3 Å². The van der Waals surface area contributed by atoms with Gasteiger partial charge in [-0.05, 0) is 24.7 Å². The molecule has 1 aromatic heterocycles. The molecular weight excluding hydrogens is 234 g/mol. The lowest BCUT2D eigenvalue weighted by molar-refractivity contribution is -0.389. The minimum absolute atomic E-state index is 0.0388. The summed E-state index contributed by atoms with van der Waals surface area (Å²) >= 11 is 0.788. The van der Waals surface area contributed by atoms with Crippen molar-refractivity contribution in [2.24, 2.45) is 0 Å². The fraction of sp³-hybridized carbons (Fsp3) is 0.500. The van der Waals surface area contributed by atoms with E-state index in [0.29, 0.717) is 0 Å². The number of anilines is 1.